The topological polar surface area (TPSA) is 29.5 Å². The lowest BCUT2D eigenvalue weighted by Gasteiger charge is -2.40. The first kappa shape index (κ1) is 12.6. The van der Waals surface area contributed by atoms with Crippen LogP contribution in [0.25, 0.3) is 0 Å². The number of hydrogen-bond acceptors (Lipinski definition) is 3. The number of rotatable bonds is 3. The molecule has 3 heteroatoms. The molecule has 0 unspecified atom stereocenters. The van der Waals surface area contributed by atoms with Crippen molar-refractivity contribution in [1.29, 1.82) is 0 Å². The lowest BCUT2D eigenvalue weighted by atomic mass is 9.92. The molecule has 17 heavy (non-hydrogen) atoms. The molecule has 2 aliphatic rings. The van der Waals surface area contributed by atoms with E-state index in [-0.39, 0.29) is 5.78 Å². The molecular weight excluding hydrogens is 214 g/mol. The molecule has 2 aliphatic heterocycles. The van der Waals surface area contributed by atoms with Gasteiger partial charge >= 0.3 is 0 Å². The van der Waals surface area contributed by atoms with E-state index in [0.717, 1.165) is 25.9 Å². The summed E-state index contributed by atoms with van der Waals surface area (Å²) < 4.78 is 5.50. The molecule has 0 bridgehead atoms. The first-order chi connectivity index (χ1) is 8.12. The average Bonchev–Trinajstić information content (AvgIpc) is 2.40. The minimum atomic E-state index is -0.413. The van der Waals surface area contributed by atoms with Gasteiger partial charge in [0, 0.05) is 0 Å². The molecule has 2 heterocycles. The number of ether oxygens (including phenoxy) is 1. The third-order valence-electron chi connectivity index (χ3n) is 3.86. The molecule has 3 nitrogen and oxygen atoms in total. The first-order valence-corrected chi connectivity index (χ1v) is 6.75. The number of piperidine rings is 1. The van der Waals surface area contributed by atoms with Crippen LogP contribution in [0, 0.1) is 0 Å². The van der Waals surface area contributed by atoms with Gasteiger partial charge in [0.05, 0.1) is 12.1 Å². The molecule has 0 atom stereocenters. The van der Waals surface area contributed by atoms with Crippen molar-refractivity contribution in [2.75, 3.05) is 19.7 Å². The lowest BCUT2D eigenvalue weighted by molar-refractivity contribution is -0.130. The zero-order valence-electron chi connectivity index (χ0n) is 11.0. The summed E-state index contributed by atoms with van der Waals surface area (Å²) in [5, 5.41) is 0. The Bertz CT molecular complexity index is 314. The van der Waals surface area contributed by atoms with E-state index in [1.807, 2.05) is 19.9 Å². The quantitative estimate of drug-likeness (QED) is 0.755. The monoisotopic (exact) mass is 237 g/mol. The second-order valence-corrected chi connectivity index (χ2v) is 5.49. The summed E-state index contributed by atoms with van der Waals surface area (Å²) in [6.45, 7) is 6.81. The van der Waals surface area contributed by atoms with Gasteiger partial charge in [-0.15, -0.1) is 0 Å². The minimum Gasteiger partial charge on any atom is -0.490 e. The largest absolute Gasteiger partial charge is 0.490 e. The molecule has 96 valence electrons. The van der Waals surface area contributed by atoms with Gasteiger partial charge in [-0.3, -0.25) is 9.69 Å². The van der Waals surface area contributed by atoms with Crippen molar-refractivity contribution in [3.05, 3.63) is 11.8 Å². The summed E-state index contributed by atoms with van der Waals surface area (Å²) in [7, 11) is 0. The number of allylic oxidation sites excluding steroid dienone is 1. The van der Waals surface area contributed by atoms with Crippen molar-refractivity contribution in [3.63, 3.8) is 0 Å². The Balaban J connectivity index is 2.07. The van der Waals surface area contributed by atoms with Crippen molar-refractivity contribution in [1.82, 2.24) is 4.90 Å². The molecule has 0 aromatic rings. The molecule has 2 rings (SSSR count). The van der Waals surface area contributed by atoms with Crippen LogP contribution in [0.2, 0.25) is 0 Å². The maximum Gasteiger partial charge on any atom is 0.216 e. The summed E-state index contributed by atoms with van der Waals surface area (Å²) in [6, 6.07) is 0. The number of hydrogen-bond donors (Lipinski definition) is 0. The second kappa shape index (κ2) is 5.21. The van der Waals surface area contributed by atoms with E-state index >= 15 is 0 Å². The predicted molar refractivity (Wildman–Crippen MR) is 67.8 cm³/mol. The molecule has 1 saturated heterocycles. The highest BCUT2D eigenvalue weighted by Crippen LogP contribution is 2.26. The van der Waals surface area contributed by atoms with E-state index in [4.69, 9.17) is 4.74 Å². The normalized spacial score (nSPS) is 22.8. The van der Waals surface area contributed by atoms with E-state index in [0.29, 0.717) is 12.4 Å². The van der Waals surface area contributed by atoms with E-state index in [1.165, 1.54) is 19.3 Å². The third-order valence-corrected chi connectivity index (χ3v) is 3.86. The fraction of sp³-hybridized carbons (Fsp3) is 0.786. The molecule has 0 N–H and O–H groups in total. The van der Waals surface area contributed by atoms with Gasteiger partial charge in [-0.25, -0.2) is 0 Å². The molecular formula is C14H23NO2. The van der Waals surface area contributed by atoms with Crippen LogP contribution in [0.5, 0.6) is 0 Å². The summed E-state index contributed by atoms with van der Waals surface area (Å²) in [4.78, 5) is 14.8. The first-order valence-electron chi connectivity index (χ1n) is 6.75. The summed E-state index contributed by atoms with van der Waals surface area (Å²) in [5.74, 6) is 0.742. The van der Waals surface area contributed by atoms with Gasteiger partial charge in [-0.2, -0.15) is 0 Å². The number of carbonyl (C=O) groups is 1. The molecule has 1 fully saturated rings. The predicted octanol–water partition coefficient (Wildman–Crippen LogP) is 2.51. The van der Waals surface area contributed by atoms with Crippen LogP contribution in [0.4, 0.5) is 0 Å². The van der Waals surface area contributed by atoms with Gasteiger partial charge in [0.1, 0.15) is 0 Å². The van der Waals surface area contributed by atoms with Crippen LogP contribution in [0.15, 0.2) is 11.8 Å². The molecule has 0 saturated carbocycles. The van der Waals surface area contributed by atoms with Gasteiger partial charge in [0.2, 0.25) is 5.78 Å². The van der Waals surface area contributed by atoms with Gasteiger partial charge in [-0.05, 0) is 58.7 Å². The zero-order chi connectivity index (χ0) is 12.3. The molecule has 0 radical (unpaired) electrons. The van der Waals surface area contributed by atoms with E-state index in [9.17, 15) is 4.79 Å². The van der Waals surface area contributed by atoms with Crippen LogP contribution >= 0.6 is 0 Å². The number of ketones is 1. The van der Waals surface area contributed by atoms with Crippen molar-refractivity contribution in [3.8, 4) is 0 Å². The van der Waals surface area contributed by atoms with Crippen LogP contribution in [-0.2, 0) is 9.53 Å². The fourth-order valence-electron chi connectivity index (χ4n) is 2.61. The Morgan fingerprint density at radius 3 is 2.53 bits per heavy atom. The summed E-state index contributed by atoms with van der Waals surface area (Å²) in [6.07, 6.45) is 7.66. The smallest absolute Gasteiger partial charge is 0.216 e. The minimum absolute atomic E-state index is 0.152. The SMILES string of the molecule is CC(C)(C(=O)C1=CCCCO1)N1CCCCC1. The van der Waals surface area contributed by atoms with Crippen molar-refractivity contribution in [2.45, 2.75) is 51.5 Å². The second-order valence-electron chi connectivity index (χ2n) is 5.49. The number of carbonyl (C=O) groups excluding carboxylic acids is 1. The van der Waals surface area contributed by atoms with Crippen LogP contribution in [0.1, 0.15) is 46.0 Å². The van der Waals surface area contributed by atoms with Crippen LogP contribution < -0.4 is 0 Å². The van der Waals surface area contributed by atoms with Crippen molar-refractivity contribution >= 4 is 5.78 Å². The van der Waals surface area contributed by atoms with Crippen molar-refractivity contribution in [2.24, 2.45) is 0 Å². The van der Waals surface area contributed by atoms with E-state index in [2.05, 4.69) is 4.90 Å². The highest BCUT2D eigenvalue weighted by atomic mass is 16.5. The number of Topliss-reactive ketones (excluding diaryl/α,β-unsaturated/α-hetero) is 1. The molecule has 0 aliphatic carbocycles. The summed E-state index contributed by atoms with van der Waals surface area (Å²) in [5.41, 5.74) is -0.413. The van der Waals surface area contributed by atoms with Gasteiger partial charge in [0.25, 0.3) is 0 Å². The molecule has 0 aromatic carbocycles. The average molecular weight is 237 g/mol. The summed E-state index contributed by atoms with van der Waals surface area (Å²) >= 11 is 0. The molecule has 0 amide bonds. The lowest BCUT2D eigenvalue weighted by Crippen LogP contribution is -2.52. The van der Waals surface area contributed by atoms with E-state index < -0.39 is 5.54 Å². The van der Waals surface area contributed by atoms with Crippen LogP contribution in [0.3, 0.4) is 0 Å². The van der Waals surface area contributed by atoms with Gasteiger partial charge in [-0.1, -0.05) is 6.42 Å². The highest BCUT2D eigenvalue weighted by Gasteiger charge is 2.37. The standard InChI is InChI=1S/C14H23NO2/c1-14(2,15-9-5-3-6-10-15)13(16)12-8-4-7-11-17-12/h8H,3-7,9-11H2,1-2H3. The Kier molecular flexibility index (Phi) is 3.87. The van der Waals surface area contributed by atoms with Crippen LogP contribution in [-0.4, -0.2) is 35.9 Å². The highest BCUT2D eigenvalue weighted by molar-refractivity contribution is 6.00. The van der Waals surface area contributed by atoms with Crippen molar-refractivity contribution < 1.29 is 9.53 Å². The Labute approximate surface area is 104 Å². The van der Waals surface area contributed by atoms with Gasteiger partial charge < -0.3 is 4.74 Å². The maximum absolute atomic E-state index is 12.5. The Hall–Kier alpha value is -0.830. The molecule has 0 spiro atoms. The Morgan fingerprint density at radius 1 is 1.24 bits per heavy atom. The van der Waals surface area contributed by atoms with Gasteiger partial charge in [0.15, 0.2) is 5.76 Å². The third kappa shape index (κ3) is 2.71. The molecule has 0 aromatic heterocycles. The fourth-order valence-corrected chi connectivity index (χ4v) is 2.61. The maximum atomic E-state index is 12.5. The number of nitrogens with zero attached hydrogens (tertiary/aromatic N) is 1. The zero-order valence-corrected chi connectivity index (χ0v) is 11.0. The number of likely N-dealkylation sites (tertiary alicyclic amines) is 1. The van der Waals surface area contributed by atoms with E-state index in [1.54, 1.807) is 0 Å². The Morgan fingerprint density at radius 2 is 1.94 bits per heavy atom.